The SMILES string of the molecule is CC1=PC(C)(CCP(c2ccc(C)cc2)c2ccc(C)cc2)C(C)=C1C. The van der Waals surface area contributed by atoms with Gasteiger partial charge in [-0.1, -0.05) is 73.4 Å². The molecule has 3 rings (SSSR count). The smallest absolute Gasteiger partial charge is 0.0311 e. The largest absolute Gasteiger partial charge is 0.0899 e. The number of rotatable bonds is 5. The van der Waals surface area contributed by atoms with E-state index in [0.717, 1.165) is 0 Å². The van der Waals surface area contributed by atoms with Crippen molar-refractivity contribution < 1.29 is 0 Å². The fourth-order valence-corrected chi connectivity index (χ4v) is 7.96. The molecule has 26 heavy (non-hydrogen) atoms. The summed E-state index contributed by atoms with van der Waals surface area (Å²) in [5.41, 5.74) is 5.81. The van der Waals surface area contributed by atoms with E-state index in [4.69, 9.17) is 0 Å². The van der Waals surface area contributed by atoms with Crippen molar-refractivity contribution in [3.8, 4) is 0 Å². The van der Waals surface area contributed by atoms with Crippen LogP contribution in [0.2, 0.25) is 0 Å². The average molecular weight is 380 g/mol. The van der Waals surface area contributed by atoms with Gasteiger partial charge in [-0.2, -0.15) is 0 Å². The molecule has 1 unspecified atom stereocenters. The van der Waals surface area contributed by atoms with Crippen molar-refractivity contribution >= 4 is 32.0 Å². The molecular formula is C24H30P2. The van der Waals surface area contributed by atoms with Crippen LogP contribution in [0.15, 0.2) is 59.7 Å². The molecule has 0 nitrogen and oxygen atoms in total. The van der Waals surface area contributed by atoms with Gasteiger partial charge in [0.1, 0.15) is 0 Å². The first-order valence-electron chi connectivity index (χ1n) is 9.46. The Hall–Kier alpha value is -1.22. The van der Waals surface area contributed by atoms with Crippen molar-refractivity contribution in [1.82, 2.24) is 0 Å². The van der Waals surface area contributed by atoms with Crippen LogP contribution < -0.4 is 10.6 Å². The van der Waals surface area contributed by atoms with Crippen molar-refractivity contribution in [3.63, 3.8) is 0 Å². The second-order valence-corrected chi connectivity index (χ2v) is 12.0. The summed E-state index contributed by atoms with van der Waals surface area (Å²) in [6, 6.07) is 18.5. The summed E-state index contributed by atoms with van der Waals surface area (Å²) >= 11 is 0. The van der Waals surface area contributed by atoms with Gasteiger partial charge in [0, 0.05) is 5.16 Å². The van der Waals surface area contributed by atoms with Crippen LogP contribution in [0, 0.1) is 13.8 Å². The van der Waals surface area contributed by atoms with Crippen molar-refractivity contribution in [1.29, 1.82) is 0 Å². The van der Waals surface area contributed by atoms with E-state index in [2.05, 4.69) is 90.1 Å². The molecule has 136 valence electrons. The van der Waals surface area contributed by atoms with Crippen LogP contribution in [0.4, 0.5) is 0 Å². The summed E-state index contributed by atoms with van der Waals surface area (Å²) in [7, 11) is 1.21. The molecule has 0 aliphatic carbocycles. The lowest BCUT2D eigenvalue weighted by atomic mass is 9.94. The number of hydrogen-bond acceptors (Lipinski definition) is 0. The maximum Gasteiger partial charge on any atom is 0.0311 e. The Morgan fingerprint density at radius 3 is 1.62 bits per heavy atom. The van der Waals surface area contributed by atoms with E-state index >= 15 is 0 Å². The third-order valence-corrected chi connectivity index (χ3v) is 10.1. The highest BCUT2D eigenvalue weighted by Gasteiger charge is 2.32. The van der Waals surface area contributed by atoms with Crippen LogP contribution in [0.5, 0.6) is 0 Å². The Kier molecular flexibility index (Phi) is 5.86. The van der Waals surface area contributed by atoms with E-state index in [9.17, 15) is 0 Å². The molecule has 0 amide bonds. The van der Waals surface area contributed by atoms with Gasteiger partial charge in [-0.05, 0) is 83.5 Å². The van der Waals surface area contributed by atoms with Gasteiger partial charge >= 0.3 is 0 Å². The second kappa shape index (κ2) is 7.80. The Morgan fingerprint density at radius 1 is 0.769 bits per heavy atom. The minimum absolute atomic E-state index is 0.308. The van der Waals surface area contributed by atoms with Crippen molar-refractivity contribution in [2.24, 2.45) is 0 Å². The maximum absolute atomic E-state index is 2.46. The van der Waals surface area contributed by atoms with Gasteiger partial charge in [-0.3, -0.25) is 0 Å². The van der Waals surface area contributed by atoms with Gasteiger partial charge < -0.3 is 0 Å². The van der Waals surface area contributed by atoms with Crippen LogP contribution in [0.25, 0.3) is 0 Å². The van der Waals surface area contributed by atoms with Gasteiger partial charge in [0.05, 0.1) is 0 Å². The van der Waals surface area contributed by atoms with Gasteiger partial charge in [0.2, 0.25) is 0 Å². The molecule has 1 heterocycles. The van der Waals surface area contributed by atoms with Crippen molar-refractivity contribution in [2.75, 3.05) is 6.16 Å². The van der Waals surface area contributed by atoms with E-state index in [1.165, 1.54) is 48.1 Å². The fraction of sp³-hybridized carbons (Fsp3) is 0.375. The summed E-state index contributed by atoms with van der Waals surface area (Å²) < 4.78 is 0. The average Bonchev–Trinajstić information content (AvgIpc) is 2.81. The second-order valence-electron chi connectivity index (χ2n) is 7.79. The zero-order valence-corrected chi connectivity index (χ0v) is 18.7. The Balaban J connectivity index is 1.90. The third-order valence-electron chi connectivity index (χ3n) is 5.84. The number of aryl methyl sites for hydroxylation is 2. The fourth-order valence-electron chi connectivity index (χ4n) is 3.64. The number of hydrogen-bond donors (Lipinski definition) is 0. The molecule has 0 fully saturated rings. The van der Waals surface area contributed by atoms with Crippen LogP contribution in [-0.4, -0.2) is 16.6 Å². The molecule has 1 aliphatic heterocycles. The van der Waals surface area contributed by atoms with Crippen LogP contribution in [0.3, 0.4) is 0 Å². The van der Waals surface area contributed by atoms with Crippen LogP contribution in [0.1, 0.15) is 45.2 Å². The highest BCUT2D eigenvalue weighted by Crippen LogP contribution is 2.47. The topological polar surface area (TPSA) is 0 Å². The molecule has 0 saturated carbocycles. The standard InChI is InChI=1S/C24H30P2/c1-17-7-11-22(12-8-17)26(23-13-9-18(2)10-14-23)16-15-24(6)20(4)19(3)21(5)25-24/h7-14H,15-16H2,1-6H3. The van der Waals surface area contributed by atoms with E-state index in [1.54, 1.807) is 10.9 Å². The van der Waals surface area contributed by atoms with Gasteiger partial charge in [-0.25, -0.2) is 0 Å². The summed E-state index contributed by atoms with van der Waals surface area (Å²) in [4.78, 5) is 0. The predicted molar refractivity (Wildman–Crippen MR) is 122 cm³/mol. The Labute approximate surface area is 162 Å². The molecule has 2 aromatic carbocycles. The van der Waals surface area contributed by atoms with E-state index in [0.29, 0.717) is 5.16 Å². The molecule has 2 aromatic rings. The van der Waals surface area contributed by atoms with Gasteiger partial charge in [0.15, 0.2) is 0 Å². The molecule has 0 aromatic heterocycles. The normalized spacial score (nSPS) is 20.7. The van der Waals surface area contributed by atoms with Crippen molar-refractivity contribution in [2.45, 2.75) is 53.1 Å². The molecular weight excluding hydrogens is 350 g/mol. The summed E-state index contributed by atoms with van der Waals surface area (Å²) in [5.74, 6) is 0. The van der Waals surface area contributed by atoms with Crippen LogP contribution in [-0.2, 0) is 0 Å². The summed E-state index contributed by atoms with van der Waals surface area (Å²) in [5, 5.41) is 4.88. The van der Waals surface area contributed by atoms with E-state index in [1.807, 2.05) is 0 Å². The molecule has 1 aliphatic rings. The molecule has 0 N–H and O–H groups in total. The molecule has 2 heteroatoms. The first-order valence-corrected chi connectivity index (χ1v) is 11.9. The predicted octanol–water partition coefficient (Wildman–Crippen LogP) is 6.37. The van der Waals surface area contributed by atoms with Crippen LogP contribution >= 0.6 is 16.1 Å². The lowest BCUT2D eigenvalue weighted by Crippen LogP contribution is -2.22. The monoisotopic (exact) mass is 380 g/mol. The molecule has 1 atom stereocenters. The highest BCUT2D eigenvalue weighted by molar-refractivity contribution is 7.73. The van der Waals surface area contributed by atoms with E-state index in [-0.39, 0.29) is 7.92 Å². The minimum Gasteiger partial charge on any atom is -0.0899 e. The summed E-state index contributed by atoms with van der Waals surface area (Å²) in [6.45, 7) is 13.7. The minimum atomic E-state index is -0.308. The number of benzene rings is 2. The molecule has 0 saturated heterocycles. The zero-order valence-electron chi connectivity index (χ0n) is 16.9. The lowest BCUT2D eigenvalue weighted by Gasteiger charge is -2.28. The van der Waals surface area contributed by atoms with E-state index < -0.39 is 0 Å². The van der Waals surface area contributed by atoms with Crippen molar-refractivity contribution in [3.05, 3.63) is 70.8 Å². The molecule has 0 radical (unpaired) electrons. The number of allylic oxidation sites excluding steroid dienone is 2. The highest BCUT2D eigenvalue weighted by atomic mass is 31.1. The first kappa shape index (κ1) is 19.5. The molecule has 0 bridgehead atoms. The third kappa shape index (κ3) is 4.03. The maximum atomic E-state index is 2.46. The lowest BCUT2D eigenvalue weighted by molar-refractivity contribution is 0.715. The quantitative estimate of drug-likeness (QED) is 0.529. The Morgan fingerprint density at radius 2 is 1.23 bits per heavy atom. The first-order chi connectivity index (χ1) is 12.3. The molecule has 0 spiro atoms. The Bertz CT molecular complexity index is 795. The van der Waals surface area contributed by atoms with Gasteiger partial charge in [0.25, 0.3) is 0 Å². The zero-order chi connectivity index (χ0) is 18.9. The van der Waals surface area contributed by atoms with Gasteiger partial charge in [-0.15, -0.1) is 0 Å². The summed E-state index contributed by atoms with van der Waals surface area (Å²) in [6.07, 6.45) is 2.51.